The summed E-state index contributed by atoms with van der Waals surface area (Å²) in [4.78, 5) is 28.4. The molecule has 10 nitrogen and oxygen atoms in total. The van der Waals surface area contributed by atoms with Crippen LogP contribution in [0.2, 0.25) is 0 Å². The molecule has 4 aromatic heterocycles. The smallest absolute Gasteiger partial charge is 0.225 e. The largest absolute Gasteiger partial charge is 0.383 e. The van der Waals surface area contributed by atoms with Crippen molar-refractivity contribution in [2.45, 2.75) is 50.4 Å². The third kappa shape index (κ3) is 4.64. The number of aryl methyl sites for hydroxylation is 1. The number of nitrogen functional groups attached to an aromatic ring is 1. The lowest BCUT2D eigenvalue weighted by atomic mass is 9.99. The number of carbonyl (C=O) groups is 1. The second-order valence-electron chi connectivity index (χ2n) is 11.8. The summed E-state index contributed by atoms with van der Waals surface area (Å²) in [6.07, 6.45) is 8.46. The zero-order valence-electron chi connectivity index (χ0n) is 23.6. The van der Waals surface area contributed by atoms with Gasteiger partial charge in [0.05, 0.1) is 12.1 Å². The minimum atomic E-state index is -1.07. The van der Waals surface area contributed by atoms with Crippen LogP contribution in [0.5, 0.6) is 0 Å². The molecular formula is C32H32FN9O. The molecule has 1 amide bonds. The van der Waals surface area contributed by atoms with Gasteiger partial charge in [-0.15, -0.1) is 0 Å². The molecule has 218 valence electrons. The fourth-order valence-electron chi connectivity index (χ4n) is 6.57. The maximum atomic E-state index is 15.2. The van der Waals surface area contributed by atoms with Gasteiger partial charge in [-0.25, -0.2) is 24.0 Å². The number of imidazole rings is 1. The van der Waals surface area contributed by atoms with Gasteiger partial charge in [0.25, 0.3) is 0 Å². The summed E-state index contributed by atoms with van der Waals surface area (Å²) in [6, 6.07) is 15.6. The Morgan fingerprint density at radius 1 is 1.02 bits per heavy atom. The Labute approximate surface area is 247 Å². The molecule has 3 atom stereocenters. The normalized spacial score (nSPS) is 21.8. The predicted octanol–water partition coefficient (Wildman–Crippen LogP) is 4.18. The fourth-order valence-corrected chi connectivity index (χ4v) is 6.57. The number of fused-ring (bicyclic) bond motifs is 2. The third-order valence-electron chi connectivity index (χ3n) is 8.97. The summed E-state index contributed by atoms with van der Waals surface area (Å²) in [5.41, 5.74) is 11.8. The Morgan fingerprint density at radius 3 is 2.72 bits per heavy atom. The van der Waals surface area contributed by atoms with Gasteiger partial charge in [0, 0.05) is 48.8 Å². The van der Waals surface area contributed by atoms with E-state index in [1.807, 2.05) is 41.1 Å². The van der Waals surface area contributed by atoms with E-state index in [0.717, 1.165) is 42.5 Å². The molecule has 1 saturated carbocycles. The number of hydrogen-bond acceptors (Lipinski definition) is 7. The van der Waals surface area contributed by atoms with Crippen LogP contribution in [0.3, 0.4) is 0 Å². The third-order valence-corrected chi connectivity index (χ3v) is 8.97. The number of alkyl halides is 1. The van der Waals surface area contributed by atoms with E-state index < -0.39 is 6.17 Å². The van der Waals surface area contributed by atoms with Crippen molar-refractivity contribution < 1.29 is 9.18 Å². The average Bonchev–Trinajstić information content (AvgIpc) is 3.40. The number of hydrogen-bond donors (Lipinski definition) is 2. The molecule has 2 unspecified atom stereocenters. The first kappa shape index (κ1) is 26.0. The maximum Gasteiger partial charge on any atom is 0.225 e. The van der Waals surface area contributed by atoms with Crippen LogP contribution < -0.4 is 11.1 Å². The number of nitrogens with two attached hydrogens (primary N) is 1. The van der Waals surface area contributed by atoms with E-state index in [1.165, 1.54) is 11.1 Å². The standard InChI is InChI=1S/C32H32FN9O/c33-24-18-40(32(43)19-4-5-19)16-12-26(24)37-25-9-6-20-17-21(7-8-22(20)25)42-30(23-3-1-13-35-29(23)34)38-27-10-11-28(39-31(27)42)41-15-2-14-36-41/h1-3,7-8,10-11,13-15,17,19,24-26,37H,4-6,9,12,16,18H2,(H2,34,35)/t24?,25-,26?/m0/s1. The molecule has 0 spiro atoms. The van der Waals surface area contributed by atoms with Crippen molar-refractivity contribution in [1.82, 2.24) is 39.5 Å². The molecular weight excluding hydrogens is 545 g/mol. The summed E-state index contributed by atoms with van der Waals surface area (Å²) >= 11 is 0. The molecule has 8 rings (SSSR count). The van der Waals surface area contributed by atoms with E-state index in [2.05, 4.69) is 33.6 Å². The zero-order chi connectivity index (χ0) is 29.1. The quantitative estimate of drug-likeness (QED) is 0.311. The van der Waals surface area contributed by atoms with Gasteiger partial charge in [0.15, 0.2) is 17.3 Å². The Hall–Kier alpha value is -4.64. The van der Waals surface area contributed by atoms with Crippen molar-refractivity contribution in [3.63, 3.8) is 0 Å². The number of benzene rings is 1. The molecule has 5 heterocycles. The zero-order valence-corrected chi connectivity index (χ0v) is 23.6. The van der Waals surface area contributed by atoms with E-state index in [9.17, 15) is 4.79 Å². The minimum Gasteiger partial charge on any atom is -0.383 e. The number of likely N-dealkylation sites (tertiary alicyclic amines) is 1. The van der Waals surface area contributed by atoms with Gasteiger partial charge < -0.3 is 16.0 Å². The molecule has 1 aromatic carbocycles. The summed E-state index contributed by atoms with van der Waals surface area (Å²) in [7, 11) is 0. The van der Waals surface area contributed by atoms with Crippen LogP contribution >= 0.6 is 0 Å². The Bertz CT molecular complexity index is 1830. The lowest BCUT2D eigenvalue weighted by molar-refractivity contribution is -0.135. The van der Waals surface area contributed by atoms with Gasteiger partial charge in [-0.05, 0) is 85.7 Å². The number of carbonyl (C=O) groups excluding carboxylic acids is 1. The van der Waals surface area contributed by atoms with Crippen LogP contribution in [0.15, 0.2) is 67.1 Å². The number of anilines is 1. The summed E-state index contributed by atoms with van der Waals surface area (Å²) in [6.45, 7) is 0.806. The number of rotatable bonds is 6. The van der Waals surface area contributed by atoms with E-state index >= 15 is 4.39 Å². The topological polar surface area (TPSA) is 120 Å². The van der Waals surface area contributed by atoms with Crippen molar-refractivity contribution in [2.24, 2.45) is 5.92 Å². The molecule has 0 radical (unpaired) electrons. The summed E-state index contributed by atoms with van der Waals surface area (Å²) < 4.78 is 19.0. The van der Waals surface area contributed by atoms with Gasteiger partial charge in [0.1, 0.15) is 17.5 Å². The van der Waals surface area contributed by atoms with Crippen molar-refractivity contribution in [1.29, 1.82) is 0 Å². The van der Waals surface area contributed by atoms with Gasteiger partial charge in [-0.2, -0.15) is 5.10 Å². The second kappa shape index (κ2) is 10.3. The van der Waals surface area contributed by atoms with Gasteiger partial charge in [-0.3, -0.25) is 9.36 Å². The number of nitrogens with one attached hydrogen (secondary N) is 1. The van der Waals surface area contributed by atoms with E-state index in [1.54, 1.807) is 22.0 Å². The number of amides is 1. The number of piperidine rings is 1. The lowest BCUT2D eigenvalue weighted by Crippen LogP contribution is -2.53. The van der Waals surface area contributed by atoms with E-state index in [4.69, 9.17) is 15.7 Å². The molecule has 1 saturated heterocycles. The van der Waals surface area contributed by atoms with E-state index in [-0.39, 0.29) is 30.5 Å². The van der Waals surface area contributed by atoms with Crippen molar-refractivity contribution in [3.05, 3.63) is 78.2 Å². The van der Waals surface area contributed by atoms with Gasteiger partial charge in [-0.1, -0.05) is 6.07 Å². The highest BCUT2D eigenvalue weighted by Gasteiger charge is 2.39. The Balaban J connectivity index is 1.12. The summed E-state index contributed by atoms with van der Waals surface area (Å²) in [5.74, 6) is 1.99. The first-order valence-electron chi connectivity index (χ1n) is 15.0. The average molecular weight is 578 g/mol. The molecule has 11 heteroatoms. The number of pyridine rings is 2. The highest BCUT2D eigenvalue weighted by Crippen LogP contribution is 2.37. The lowest BCUT2D eigenvalue weighted by Gasteiger charge is -2.36. The van der Waals surface area contributed by atoms with Crippen LogP contribution in [-0.4, -0.2) is 65.4 Å². The van der Waals surface area contributed by atoms with Crippen molar-refractivity contribution in [3.8, 4) is 22.9 Å². The molecule has 3 N–H and O–H groups in total. The molecule has 1 aliphatic heterocycles. The maximum absolute atomic E-state index is 15.2. The minimum absolute atomic E-state index is 0.0653. The van der Waals surface area contributed by atoms with Crippen molar-refractivity contribution >= 4 is 22.9 Å². The highest BCUT2D eigenvalue weighted by atomic mass is 19.1. The highest BCUT2D eigenvalue weighted by molar-refractivity contribution is 5.83. The molecule has 0 bridgehead atoms. The number of nitrogens with zero attached hydrogens (tertiary/aromatic N) is 7. The molecule has 2 aliphatic carbocycles. The molecule has 3 aliphatic rings. The predicted molar refractivity (Wildman–Crippen MR) is 160 cm³/mol. The van der Waals surface area contributed by atoms with Crippen LogP contribution in [0, 0.1) is 5.92 Å². The molecule has 5 aromatic rings. The molecule has 2 fully saturated rings. The second-order valence-corrected chi connectivity index (χ2v) is 11.8. The fraction of sp³-hybridized carbons (Fsp3) is 0.344. The van der Waals surface area contributed by atoms with Crippen LogP contribution in [-0.2, 0) is 11.2 Å². The van der Waals surface area contributed by atoms with E-state index in [0.29, 0.717) is 36.1 Å². The SMILES string of the molecule is Nc1ncccc1-c1nc2ccc(-n3cccn3)nc2n1-c1ccc2c(c1)CC[C@@H]2NC1CCN(C(=O)C2CC2)CC1F. The Kier molecular flexibility index (Phi) is 6.21. The first-order valence-corrected chi connectivity index (χ1v) is 15.0. The van der Waals surface area contributed by atoms with Crippen LogP contribution in [0.1, 0.15) is 42.9 Å². The summed E-state index contributed by atoms with van der Waals surface area (Å²) in [5, 5.41) is 7.95. The van der Waals surface area contributed by atoms with Crippen molar-refractivity contribution in [2.75, 3.05) is 18.8 Å². The number of halogens is 1. The monoisotopic (exact) mass is 577 g/mol. The van der Waals surface area contributed by atoms with Gasteiger partial charge >= 0.3 is 0 Å². The van der Waals surface area contributed by atoms with Crippen LogP contribution in [0.25, 0.3) is 34.1 Å². The first-order chi connectivity index (χ1) is 21.0. The van der Waals surface area contributed by atoms with Gasteiger partial charge in [0.2, 0.25) is 5.91 Å². The number of aromatic nitrogens is 6. The van der Waals surface area contributed by atoms with Crippen LogP contribution in [0.4, 0.5) is 10.2 Å². The Morgan fingerprint density at radius 2 is 1.93 bits per heavy atom. The molecule has 43 heavy (non-hydrogen) atoms.